The van der Waals surface area contributed by atoms with E-state index in [-0.39, 0.29) is 0 Å². The predicted molar refractivity (Wildman–Crippen MR) is 65.8 cm³/mol. The molecule has 1 aromatic heterocycles. The Morgan fingerprint density at radius 1 is 1.35 bits per heavy atom. The molecule has 0 amide bonds. The highest BCUT2D eigenvalue weighted by Crippen LogP contribution is 2.34. The van der Waals surface area contributed by atoms with Crippen molar-refractivity contribution in [3.05, 3.63) is 17.7 Å². The molecule has 0 saturated carbocycles. The zero-order valence-corrected chi connectivity index (χ0v) is 10.5. The van der Waals surface area contributed by atoms with Gasteiger partial charge in [-0.2, -0.15) is 0 Å². The molecule has 17 heavy (non-hydrogen) atoms. The largest absolute Gasteiger partial charge is 0.381 e. The van der Waals surface area contributed by atoms with Crippen LogP contribution in [0.1, 0.15) is 43.2 Å². The van der Waals surface area contributed by atoms with Gasteiger partial charge in [0.1, 0.15) is 5.82 Å². The Morgan fingerprint density at radius 2 is 2.18 bits per heavy atom. The fraction of sp³-hybridized carbons (Fsp3) is 0.769. The number of nitrogens with one attached hydrogen (secondary N) is 1. The molecule has 2 fully saturated rings. The zero-order valence-electron chi connectivity index (χ0n) is 10.5. The van der Waals surface area contributed by atoms with Gasteiger partial charge < -0.3 is 9.72 Å². The quantitative estimate of drug-likeness (QED) is 0.852. The standard InChI is InChI=1S/C13H21N3O/c1-10-9-14-13(15-10)12-3-2-6-16(12)11-4-7-17-8-5-11/h9,11-12H,2-8H2,1H3,(H,14,15)/t12-/m0/s1. The van der Waals surface area contributed by atoms with Crippen molar-refractivity contribution in [3.8, 4) is 0 Å². The van der Waals surface area contributed by atoms with Gasteiger partial charge in [0.25, 0.3) is 0 Å². The Hall–Kier alpha value is -0.870. The molecule has 1 N–H and O–H groups in total. The number of rotatable bonds is 2. The van der Waals surface area contributed by atoms with E-state index in [9.17, 15) is 0 Å². The van der Waals surface area contributed by atoms with Crippen LogP contribution in [-0.2, 0) is 4.74 Å². The second-order valence-corrected chi connectivity index (χ2v) is 5.19. The number of ether oxygens (including phenoxy) is 1. The lowest BCUT2D eigenvalue weighted by atomic mass is 10.1. The summed E-state index contributed by atoms with van der Waals surface area (Å²) in [7, 11) is 0. The second-order valence-electron chi connectivity index (χ2n) is 5.19. The van der Waals surface area contributed by atoms with Gasteiger partial charge in [-0.25, -0.2) is 4.98 Å². The maximum atomic E-state index is 5.45. The first-order valence-electron chi connectivity index (χ1n) is 6.69. The lowest BCUT2D eigenvalue weighted by Crippen LogP contribution is -2.39. The summed E-state index contributed by atoms with van der Waals surface area (Å²) in [6.45, 7) is 5.13. The van der Waals surface area contributed by atoms with E-state index in [1.807, 2.05) is 6.20 Å². The van der Waals surface area contributed by atoms with Gasteiger partial charge in [0, 0.05) is 31.1 Å². The molecule has 0 bridgehead atoms. The number of likely N-dealkylation sites (tertiary alicyclic amines) is 1. The van der Waals surface area contributed by atoms with Crippen molar-refractivity contribution < 1.29 is 4.74 Å². The van der Waals surface area contributed by atoms with Crippen molar-refractivity contribution in [2.75, 3.05) is 19.8 Å². The Kier molecular flexibility index (Phi) is 3.16. The topological polar surface area (TPSA) is 41.2 Å². The average Bonchev–Trinajstić information content (AvgIpc) is 2.98. The molecular formula is C13H21N3O. The summed E-state index contributed by atoms with van der Waals surface area (Å²) in [4.78, 5) is 10.6. The fourth-order valence-electron chi connectivity index (χ4n) is 3.14. The number of hydrogen-bond donors (Lipinski definition) is 1. The van der Waals surface area contributed by atoms with E-state index in [0.29, 0.717) is 12.1 Å². The van der Waals surface area contributed by atoms with Crippen molar-refractivity contribution in [3.63, 3.8) is 0 Å². The number of hydrogen-bond acceptors (Lipinski definition) is 3. The normalized spacial score (nSPS) is 27.7. The third-order valence-corrected chi connectivity index (χ3v) is 3.99. The van der Waals surface area contributed by atoms with Gasteiger partial charge in [0.05, 0.1) is 6.04 Å². The molecule has 0 unspecified atom stereocenters. The molecule has 1 atom stereocenters. The Morgan fingerprint density at radius 3 is 2.88 bits per heavy atom. The van der Waals surface area contributed by atoms with Gasteiger partial charge in [-0.1, -0.05) is 0 Å². The monoisotopic (exact) mass is 235 g/mol. The number of nitrogens with zero attached hydrogens (tertiary/aromatic N) is 2. The first-order valence-corrected chi connectivity index (χ1v) is 6.69. The van der Waals surface area contributed by atoms with Crippen LogP contribution in [0.4, 0.5) is 0 Å². The molecule has 94 valence electrons. The Labute approximate surface area is 102 Å². The first-order chi connectivity index (χ1) is 8.34. The molecule has 4 heteroatoms. The highest BCUT2D eigenvalue weighted by atomic mass is 16.5. The third-order valence-electron chi connectivity index (χ3n) is 3.99. The first kappa shape index (κ1) is 11.2. The second kappa shape index (κ2) is 4.78. The fourth-order valence-corrected chi connectivity index (χ4v) is 3.14. The van der Waals surface area contributed by atoms with Crippen LogP contribution >= 0.6 is 0 Å². The van der Waals surface area contributed by atoms with Gasteiger partial charge in [-0.15, -0.1) is 0 Å². The minimum absolute atomic E-state index is 0.506. The molecule has 0 aliphatic carbocycles. The molecule has 3 rings (SSSR count). The molecule has 0 radical (unpaired) electrons. The maximum absolute atomic E-state index is 5.45. The molecule has 4 nitrogen and oxygen atoms in total. The SMILES string of the molecule is Cc1cnc([C@@H]2CCCN2C2CCOCC2)[nH]1. The van der Waals surface area contributed by atoms with Crippen LogP contribution in [0.15, 0.2) is 6.20 Å². The van der Waals surface area contributed by atoms with Crippen molar-refractivity contribution in [1.29, 1.82) is 0 Å². The smallest absolute Gasteiger partial charge is 0.123 e. The van der Waals surface area contributed by atoms with Crippen LogP contribution in [0, 0.1) is 6.92 Å². The maximum Gasteiger partial charge on any atom is 0.123 e. The van der Waals surface area contributed by atoms with Gasteiger partial charge >= 0.3 is 0 Å². The molecule has 0 spiro atoms. The Balaban J connectivity index is 1.74. The lowest BCUT2D eigenvalue weighted by Gasteiger charge is -2.34. The van der Waals surface area contributed by atoms with Gasteiger partial charge in [-0.3, -0.25) is 4.90 Å². The summed E-state index contributed by atoms with van der Waals surface area (Å²) in [6.07, 6.45) is 6.83. The molecule has 2 saturated heterocycles. The van der Waals surface area contributed by atoms with E-state index in [0.717, 1.165) is 19.0 Å². The summed E-state index contributed by atoms with van der Waals surface area (Å²) in [5.74, 6) is 1.16. The van der Waals surface area contributed by atoms with Crippen molar-refractivity contribution in [1.82, 2.24) is 14.9 Å². The van der Waals surface area contributed by atoms with Gasteiger partial charge in [0.2, 0.25) is 0 Å². The van der Waals surface area contributed by atoms with Crippen molar-refractivity contribution >= 4 is 0 Å². The van der Waals surface area contributed by atoms with Crippen molar-refractivity contribution in [2.45, 2.75) is 44.7 Å². The summed E-state index contributed by atoms with van der Waals surface area (Å²) >= 11 is 0. The van der Waals surface area contributed by atoms with Crippen LogP contribution < -0.4 is 0 Å². The highest BCUT2D eigenvalue weighted by Gasteiger charge is 2.33. The lowest BCUT2D eigenvalue weighted by molar-refractivity contribution is 0.0280. The summed E-state index contributed by atoms with van der Waals surface area (Å²) < 4.78 is 5.45. The molecule has 3 heterocycles. The Bertz CT molecular complexity index is 370. The summed E-state index contributed by atoms with van der Waals surface area (Å²) in [6, 6.07) is 1.20. The predicted octanol–water partition coefficient (Wildman–Crippen LogP) is 2.03. The van der Waals surface area contributed by atoms with E-state index in [4.69, 9.17) is 4.74 Å². The van der Waals surface area contributed by atoms with Crippen molar-refractivity contribution in [2.24, 2.45) is 0 Å². The third kappa shape index (κ3) is 2.24. The molecule has 0 aromatic carbocycles. The molecular weight excluding hydrogens is 214 g/mol. The molecule has 1 aromatic rings. The number of imidazole rings is 1. The zero-order chi connectivity index (χ0) is 11.7. The van der Waals surface area contributed by atoms with Gasteiger partial charge in [-0.05, 0) is 39.2 Å². The van der Waals surface area contributed by atoms with E-state index in [1.165, 1.54) is 37.9 Å². The molecule has 2 aliphatic heterocycles. The van der Waals surface area contributed by atoms with E-state index in [2.05, 4.69) is 21.8 Å². The minimum atomic E-state index is 0.506. The number of aromatic nitrogens is 2. The number of H-pyrrole nitrogens is 1. The van der Waals surface area contributed by atoms with Crippen LogP contribution in [-0.4, -0.2) is 40.7 Å². The van der Waals surface area contributed by atoms with E-state index >= 15 is 0 Å². The van der Waals surface area contributed by atoms with E-state index < -0.39 is 0 Å². The van der Waals surface area contributed by atoms with Crippen LogP contribution in [0.5, 0.6) is 0 Å². The van der Waals surface area contributed by atoms with Crippen LogP contribution in [0.2, 0.25) is 0 Å². The van der Waals surface area contributed by atoms with Gasteiger partial charge in [0.15, 0.2) is 0 Å². The van der Waals surface area contributed by atoms with Crippen LogP contribution in [0.3, 0.4) is 0 Å². The molecule has 2 aliphatic rings. The van der Waals surface area contributed by atoms with E-state index in [1.54, 1.807) is 0 Å². The summed E-state index contributed by atoms with van der Waals surface area (Å²) in [5.41, 5.74) is 1.17. The average molecular weight is 235 g/mol. The minimum Gasteiger partial charge on any atom is -0.381 e. The highest BCUT2D eigenvalue weighted by molar-refractivity contribution is 5.06. The number of aromatic amines is 1. The summed E-state index contributed by atoms with van der Waals surface area (Å²) in [5, 5.41) is 0. The van der Waals surface area contributed by atoms with Crippen LogP contribution in [0.25, 0.3) is 0 Å². The number of aryl methyl sites for hydroxylation is 1.